The summed E-state index contributed by atoms with van der Waals surface area (Å²) in [4.78, 5) is 11.5. The van der Waals surface area contributed by atoms with Crippen LogP contribution in [0.1, 0.15) is 5.56 Å². The van der Waals surface area contributed by atoms with Crippen molar-refractivity contribution < 1.29 is 9.53 Å². The van der Waals surface area contributed by atoms with Crippen LogP contribution >= 0.6 is 11.6 Å². The van der Waals surface area contributed by atoms with Crippen molar-refractivity contribution in [2.75, 3.05) is 0 Å². The van der Waals surface area contributed by atoms with Crippen LogP contribution in [0.3, 0.4) is 0 Å². The van der Waals surface area contributed by atoms with Crippen LogP contribution in [0.15, 0.2) is 60.7 Å². The normalized spacial score (nSPS) is 10.5. The average molecular weight is 259 g/mol. The molecule has 0 fully saturated rings. The first-order chi connectivity index (χ1) is 8.74. The molecule has 0 saturated carbocycles. The van der Waals surface area contributed by atoms with Crippen molar-refractivity contribution in [2.45, 2.75) is 0 Å². The second-order valence-corrected chi connectivity index (χ2v) is 4.06. The highest BCUT2D eigenvalue weighted by atomic mass is 35.5. The van der Waals surface area contributed by atoms with Crippen molar-refractivity contribution in [3.05, 3.63) is 71.3 Å². The second-order valence-electron chi connectivity index (χ2n) is 3.62. The third kappa shape index (κ3) is 3.75. The summed E-state index contributed by atoms with van der Waals surface area (Å²) in [7, 11) is 0. The molecule has 2 nitrogen and oxygen atoms in total. The topological polar surface area (TPSA) is 26.3 Å². The number of carbonyl (C=O) groups is 1. The Balaban J connectivity index is 1.97. The van der Waals surface area contributed by atoms with E-state index in [2.05, 4.69) is 0 Å². The molecule has 0 aromatic heterocycles. The molecule has 0 amide bonds. The number of ether oxygens (including phenoxy) is 1. The molecule has 3 heteroatoms. The number of carbonyl (C=O) groups excluding carboxylic acids is 1. The highest BCUT2D eigenvalue weighted by Gasteiger charge is 1.98. The number of hydrogen-bond acceptors (Lipinski definition) is 2. The molecular weight excluding hydrogens is 248 g/mol. The molecule has 0 heterocycles. The summed E-state index contributed by atoms with van der Waals surface area (Å²) in [5, 5.41) is 0.666. The van der Waals surface area contributed by atoms with Crippen molar-refractivity contribution in [1.29, 1.82) is 0 Å². The van der Waals surface area contributed by atoms with E-state index in [4.69, 9.17) is 16.3 Å². The van der Waals surface area contributed by atoms with Gasteiger partial charge in [-0.05, 0) is 35.9 Å². The van der Waals surface area contributed by atoms with E-state index in [9.17, 15) is 4.79 Å². The minimum absolute atomic E-state index is 0.406. The van der Waals surface area contributed by atoms with Gasteiger partial charge in [-0.3, -0.25) is 0 Å². The van der Waals surface area contributed by atoms with Gasteiger partial charge in [-0.2, -0.15) is 0 Å². The minimum Gasteiger partial charge on any atom is -0.423 e. The Morgan fingerprint density at radius 2 is 1.67 bits per heavy atom. The van der Waals surface area contributed by atoms with Gasteiger partial charge in [-0.25, -0.2) is 4.79 Å². The van der Waals surface area contributed by atoms with Crippen LogP contribution in [0, 0.1) is 0 Å². The van der Waals surface area contributed by atoms with Crippen LogP contribution in [0.25, 0.3) is 6.08 Å². The zero-order valence-corrected chi connectivity index (χ0v) is 10.3. The molecule has 2 aromatic rings. The van der Waals surface area contributed by atoms with Crippen molar-refractivity contribution in [3.63, 3.8) is 0 Å². The Bertz CT molecular complexity index is 544. The smallest absolute Gasteiger partial charge is 0.336 e. The van der Waals surface area contributed by atoms with Crippen molar-refractivity contribution in [2.24, 2.45) is 0 Å². The highest BCUT2D eigenvalue weighted by molar-refractivity contribution is 6.30. The van der Waals surface area contributed by atoms with E-state index >= 15 is 0 Å². The molecule has 0 atom stereocenters. The van der Waals surface area contributed by atoms with E-state index in [1.807, 2.05) is 30.3 Å². The van der Waals surface area contributed by atoms with Crippen LogP contribution in [0.2, 0.25) is 5.02 Å². The predicted octanol–water partition coefficient (Wildman–Crippen LogP) is 3.96. The molecule has 0 aliphatic heterocycles. The van der Waals surface area contributed by atoms with Crippen LogP contribution in [-0.4, -0.2) is 5.97 Å². The van der Waals surface area contributed by atoms with E-state index < -0.39 is 5.97 Å². The molecule has 18 heavy (non-hydrogen) atoms. The number of halogens is 1. The summed E-state index contributed by atoms with van der Waals surface area (Å²) < 4.78 is 5.11. The lowest BCUT2D eigenvalue weighted by atomic mass is 10.2. The zero-order valence-electron chi connectivity index (χ0n) is 9.55. The van der Waals surface area contributed by atoms with Crippen molar-refractivity contribution in [1.82, 2.24) is 0 Å². The first-order valence-corrected chi connectivity index (χ1v) is 5.82. The Morgan fingerprint density at radius 1 is 1.00 bits per heavy atom. The van der Waals surface area contributed by atoms with E-state index in [-0.39, 0.29) is 0 Å². The summed E-state index contributed by atoms with van der Waals surface area (Å²) in [5.41, 5.74) is 0.893. The van der Waals surface area contributed by atoms with E-state index in [1.165, 1.54) is 6.08 Å². The molecular formula is C15H11ClO2. The van der Waals surface area contributed by atoms with E-state index in [0.717, 1.165) is 5.56 Å². The lowest BCUT2D eigenvalue weighted by Gasteiger charge is -1.99. The third-order valence-corrected chi connectivity index (χ3v) is 2.50. The molecule has 0 aliphatic carbocycles. The fraction of sp³-hybridized carbons (Fsp3) is 0. The lowest BCUT2D eigenvalue weighted by Crippen LogP contribution is -2.03. The van der Waals surface area contributed by atoms with Gasteiger partial charge in [0, 0.05) is 11.1 Å². The van der Waals surface area contributed by atoms with Gasteiger partial charge in [-0.1, -0.05) is 41.9 Å². The van der Waals surface area contributed by atoms with Gasteiger partial charge in [0.05, 0.1) is 0 Å². The second kappa shape index (κ2) is 6.03. The zero-order chi connectivity index (χ0) is 12.8. The quantitative estimate of drug-likeness (QED) is 0.473. The Morgan fingerprint density at radius 3 is 2.33 bits per heavy atom. The lowest BCUT2D eigenvalue weighted by molar-refractivity contribution is -0.128. The molecule has 0 unspecified atom stereocenters. The summed E-state index contributed by atoms with van der Waals surface area (Å²) in [6.45, 7) is 0. The Kier molecular flexibility index (Phi) is 4.15. The van der Waals surface area contributed by atoms with Crippen molar-refractivity contribution >= 4 is 23.6 Å². The Hall–Kier alpha value is -2.06. The standard InChI is InChI=1S/C15H11ClO2/c16-13-9-6-12(7-10-13)8-11-15(17)18-14-4-2-1-3-5-14/h1-11H/b11-8+. The first kappa shape index (κ1) is 12.4. The molecule has 90 valence electrons. The number of esters is 1. The maximum Gasteiger partial charge on any atom is 0.336 e. The number of para-hydroxylation sites is 1. The van der Waals surface area contributed by atoms with Gasteiger partial charge >= 0.3 is 5.97 Å². The highest BCUT2D eigenvalue weighted by Crippen LogP contribution is 2.12. The van der Waals surface area contributed by atoms with Gasteiger partial charge in [-0.15, -0.1) is 0 Å². The van der Waals surface area contributed by atoms with Crippen LogP contribution < -0.4 is 4.74 Å². The molecule has 2 rings (SSSR count). The maximum absolute atomic E-state index is 11.5. The SMILES string of the molecule is O=C(/C=C/c1ccc(Cl)cc1)Oc1ccccc1. The van der Waals surface area contributed by atoms with Gasteiger partial charge in [0.2, 0.25) is 0 Å². The van der Waals surface area contributed by atoms with Gasteiger partial charge in [0.25, 0.3) is 0 Å². The number of hydrogen-bond donors (Lipinski definition) is 0. The van der Waals surface area contributed by atoms with Crippen LogP contribution in [-0.2, 0) is 4.79 Å². The third-order valence-electron chi connectivity index (χ3n) is 2.24. The summed E-state index contributed by atoms with van der Waals surface area (Å²) in [6.07, 6.45) is 3.07. The van der Waals surface area contributed by atoms with Gasteiger partial charge in [0.15, 0.2) is 0 Å². The van der Waals surface area contributed by atoms with Gasteiger partial charge < -0.3 is 4.74 Å². The fourth-order valence-electron chi connectivity index (χ4n) is 1.38. The molecule has 0 saturated heterocycles. The summed E-state index contributed by atoms with van der Waals surface area (Å²) in [6, 6.07) is 16.1. The van der Waals surface area contributed by atoms with Crippen LogP contribution in [0.4, 0.5) is 0 Å². The molecule has 0 N–H and O–H groups in total. The Labute approximate surface area is 110 Å². The predicted molar refractivity (Wildman–Crippen MR) is 72.6 cm³/mol. The van der Waals surface area contributed by atoms with Crippen LogP contribution in [0.5, 0.6) is 5.75 Å². The summed E-state index contributed by atoms with van der Waals surface area (Å²) in [5.74, 6) is 0.124. The molecule has 0 bridgehead atoms. The molecule has 2 aromatic carbocycles. The largest absolute Gasteiger partial charge is 0.423 e. The number of rotatable bonds is 3. The molecule has 0 aliphatic rings. The van der Waals surface area contributed by atoms with Crippen molar-refractivity contribution in [3.8, 4) is 5.75 Å². The monoisotopic (exact) mass is 258 g/mol. The van der Waals surface area contributed by atoms with Gasteiger partial charge in [0.1, 0.15) is 5.75 Å². The first-order valence-electron chi connectivity index (χ1n) is 5.44. The summed E-state index contributed by atoms with van der Waals surface area (Å²) >= 11 is 5.77. The fourth-order valence-corrected chi connectivity index (χ4v) is 1.50. The molecule has 0 radical (unpaired) electrons. The maximum atomic E-state index is 11.5. The van der Waals surface area contributed by atoms with E-state index in [1.54, 1.807) is 30.3 Å². The minimum atomic E-state index is -0.406. The molecule has 0 spiro atoms. The average Bonchev–Trinajstić information content (AvgIpc) is 2.39. The van der Waals surface area contributed by atoms with E-state index in [0.29, 0.717) is 10.8 Å². The number of benzene rings is 2.